The van der Waals surface area contributed by atoms with Crippen molar-refractivity contribution in [2.75, 3.05) is 20.6 Å². The summed E-state index contributed by atoms with van der Waals surface area (Å²) in [5.41, 5.74) is 0. The van der Waals surface area contributed by atoms with Gasteiger partial charge in [-0.2, -0.15) is 0 Å². The van der Waals surface area contributed by atoms with Gasteiger partial charge in [0.25, 0.3) is 0 Å². The predicted molar refractivity (Wildman–Crippen MR) is 89.1 cm³/mol. The molecule has 0 atom stereocenters. The highest BCUT2D eigenvalue weighted by Gasteiger charge is 2.10. The molecule has 2 heterocycles. The van der Waals surface area contributed by atoms with Crippen LogP contribution in [0.4, 0.5) is 0 Å². The minimum Gasteiger partial charge on any atom is -0.349 e. The Balaban J connectivity index is 1.86. The number of rotatable bonds is 5. The Morgan fingerprint density at radius 2 is 2.18 bits per heavy atom. The summed E-state index contributed by atoms with van der Waals surface area (Å²) in [5, 5.41) is 12.7. The number of hydrogen-bond acceptors (Lipinski definition) is 5. The quantitative estimate of drug-likeness (QED) is 0.660. The summed E-state index contributed by atoms with van der Waals surface area (Å²) in [5.74, 6) is 2.64. The maximum Gasteiger partial charge on any atom is 0.193 e. The minimum absolute atomic E-state index is 0.602. The molecule has 7 nitrogen and oxygen atoms in total. The van der Waals surface area contributed by atoms with Crippen molar-refractivity contribution in [1.29, 1.82) is 0 Å². The van der Waals surface area contributed by atoms with E-state index in [0.717, 1.165) is 35.6 Å². The second-order valence-corrected chi connectivity index (χ2v) is 6.48. The molecule has 0 spiro atoms. The molecule has 120 valence electrons. The monoisotopic (exact) mass is 321 g/mol. The fourth-order valence-electron chi connectivity index (χ4n) is 2.03. The van der Waals surface area contributed by atoms with Crippen LogP contribution in [0, 0.1) is 13.8 Å². The molecule has 0 unspecified atom stereocenters. The number of nitrogens with one attached hydrogen (secondary N) is 1. The largest absolute Gasteiger partial charge is 0.349 e. The minimum atomic E-state index is 0.602. The first-order valence-electron chi connectivity index (χ1n) is 7.19. The van der Waals surface area contributed by atoms with E-state index in [0.29, 0.717) is 6.54 Å². The molecule has 0 aromatic carbocycles. The Bertz CT molecular complexity index is 643. The van der Waals surface area contributed by atoms with E-state index < -0.39 is 0 Å². The van der Waals surface area contributed by atoms with Crippen molar-refractivity contribution in [2.45, 2.75) is 26.8 Å². The molecule has 22 heavy (non-hydrogen) atoms. The van der Waals surface area contributed by atoms with E-state index in [9.17, 15) is 0 Å². The molecule has 8 heteroatoms. The summed E-state index contributed by atoms with van der Waals surface area (Å²) in [4.78, 5) is 12.0. The smallest absolute Gasteiger partial charge is 0.193 e. The Hall–Kier alpha value is -1.96. The first kappa shape index (κ1) is 16.4. The summed E-state index contributed by atoms with van der Waals surface area (Å²) < 4.78 is 1.97. The Morgan fingerprint density at radius 1 is 1.41 bits per heavy atom. The molecule has 2 rings (SSSR count). The van der Waals surface area contributed by atoms with Gasteiger partial charge in [0, 0.05) is 45.2 Å². The topological polar surface area (TPSA) is 71.2 Å². The molecule has 0 bridgehead atoms. The highest BCUT2D eigenvalue weighted by atomic mass is 32.1. The number of likely N-dealkylation sites (N-methyl/N-ethyl adjacent to an activating group) is 1. The van der Waals surface area contributed by atoms with E-state index in [1.165, 1.54) is 4.88 Å². The first-order chi connectivity index (χ1) is 10.5. The van der Waals surface area contributed by atoms with E-state index in [1.54, 1.807) is 18.4 Å². The molecule has 1 N–H and O–H groups in total. The van der Waals surface area contributed by atoms with Crippen molar-refractivity contribution in [3.05, 3.63) is 27.7 Å². The van der Waals surface area contributed by atoms with Crippen LogP contribution in [0.2, 0.25) is 0 Å². The van der Waals surface area contributed by atoms with E-state index in [4.69, 9.17) is 0 Å². The number of guanidine groups is 1. The zero-order chi connectivity index (χ0) is 16.1. The molecule has 0 saturated carbocycles. The summed E-state index contributed by atoms with van der Waals surface area (Å²) in [6.45, 7) is 5.48. The lowest BCUT2D eigenvalue weighted by Crippen LogP contribution is -2.39. The van der Waals surface area contributed by atoms with Crippen LogP contribution in [0.5, 0.6) is 0 Å². The molecule has 0 aliphatic heterocycles. The third-order valence-electron chi connectivity index (χ3n) is 3.49. The van der Waals surface area contributed by atoms with Crippen molar-refractivity contribution in [1.82, 2.24) is 30.0 Å². The lowest BCUT2D eigenvalue weighted by atomic mass is 10.4. The molecule has 0 saturated heterocycles. The summed E-state index contributed by atoms with van der Waals surface area (Å²) >= 11 is 1.74. The van der Waals surface area contributed by atoms with Gasteiger partial charge in [-0.15, -0.1) is 21.5 Å². The van der Waals surface area contributed by atoms with Crippen LogP contribution in [0.3, 0.4) is 0 Å². The lowest BCUT2D eigenvalue weighted by molar-refractivity contribution is 0.482. The van der Waals surface area contributed by atoms with Crippen LogP contribution < -0.4 is 5.32 Å². The molecular weight excluding hydrogens is 298 g/mol. The average molecular weight is 321 g/mol. The standard InChI is InChI=1S/C14H23N7S/c1-10-8-16-13(22-10)6-7-20(4)14(15-3)17-9-12-19-18-11(2)21(12)5/h8H,6-7,9H2,1-5H3,(H,15,17). The average Bonchev–Trinajstić information content (AvgIpc) is 3.05. The van der Waals surface area contributed by atoms with Crippen molar-refractivity contribution < 1.29 is 0 Å². The van der Waals surface area contributed by atoms with E-state index in [2.05, 4.69) is 37.3 Å². The van der Waals surface area contributed by atoms with Crippen molar-refractivity contribution in [3.63, 3.8) is 0 Å². The van der Waals surface area contributed by atoms with Crippen LogP contribution in [0.1, 0.15) is 21.5 Å². The van der Waals surface area contributed by atoms with Crippen LogP contribution in [0.15, 0.2) is 11.2 Å². The second kappa shape index (κ2) is 7.35. The van der Waals surface area contributed by atoms with E-state index in [-0.39, 0.29) is 0 Å². The highest BCUT2D eigenvalue weighted by molar-refractivity contribution is 7.11. The molecule has 2 aromatic heterocycles. The predicted octanol–water partition coefficient (Wildman–Crippen LogP) is 1.14. The van der Waals surface area contributed by atoms with Crippen molar-refractivity contribution in [2.24, 2.45) is 12.0 Å². The maximum atomic E-state index is 4.39. The van der Waals surface area contributed by atoms with Gasteiger partial charge in [-0.1, -0.05) is 0 Å². The number of aromatic nitrogens is 4. The Kier molecular flexibility index (Phi) is 5.48. The fraction of sp³-hybridized carbons (Fsp3) is 0.571. The van der Waals surface area contributed by atoms with Gasteiger partial charge in [0.05, 0.1) is 11.6 Å². The summed E-state index contributed by atoms with van der Waals surface area (Å²) in [7, 11) is 5.77. The Morgan fingerprint density at radius 3 is 2.73 bits per heavy atom. The number of aliphatic imine (C=N–C) groups is 1. The van der Waals surface area contributed by atoms with Gasteiger partial charge in [0.15, 0.2) is 11.8 Å². The molecule has 2 aromatic rings. The van der Waals surface area contributed by atoms with Crippen molar-refractivity contribution in [3.8, 4) is 0 Å². The summed E-state index contributed by atoms with van der Waals surface area (Å²) in [6.07, 6.45) is 2.84. The first-order valence-corrected chi connectivity index (χ1v) is 8.01. The van der Waals surface area contributed by atoms with Gasteiger partial charge in [-0.3, -0.25) is 4.99 Å². The van der Waals surface area contributed by atoms with Crippen LogP contribution >= 0.6 is 11.3 Å². The fourth-order valence-corrected chi connectivity index (χ4v) is 2.81. The Labute approximate surface area is 135 Å². The molecular formula is C14H23N7S. The number of aryl methyl sites for hydroxylation is 2. The van der Waals surface area contributed by atoms with Gasteiger partial charge >= 0.3 is 0 Å². The van der Waals surface area contributed by atoms with Gasteiger partial charge < -0.3 is 14.8 Å². The van der Waals surface area contributed by atoms with Gasteiger partial charge in [0.1, 0.15) is 5.82 Å². The summed E-state index contributed by atoms with van der Waals surface area (Å²) in [6, 6.07) is 0. The normalized spacial score (nSPS) is 11.8. The number of thiazole rings is 1. The third-order valence-corrected chi connectivity index (χ3v) is 4.46. The van der Waals surface area contributed by atoms with Crippen LogP contribution in [-0.4, -0.2) is 51.2 Å². The van der Waals surface area contributed by atoms with Gasteiger partial charge in [-0.25, -0.2) is 4.98 Å². The molecule has 0 aliphatic rings. The van der Waals surface area contributed by atoms with Gasteiger partial charge in [-0.05, 0) is 13.8 Å². The number of nitrogens with zero attached hydrogens (tertiary/aromatic N) is 6. The number of hydrogen-bond donors (Lipinski definition) is 1. The molecule has 0 amide bonds. The van der Waals surface area contributed by atoms with Crippen LogP contribution in [0.25, 0.3) is 0 Å². The van der Waals surface area contributed by atoms with Gasteiger partial charge in [0.2, 0.25) is 0 Å². The zero-order valence-electron chi connectivity index (χ0n) is 13.8. The molecule has 0 aliphatic carbocycles. The molecule has 0 fully saturated rings. The second-order valence-electron chi connectivity index (χ2n) is 5.16. The zero-order valence-corrected chi connectivity index (χ0v) is 14.6. The highest BCUT2D eigenvalue weighted by Crippen LogP contribution is 2.11. The van der Waals surface area contributed by atoms with Crippen molar-refractivity contribution >= 4 is 17.3 Å². The van der Waals surface area contributed by atoms with E-state index in [1.807, 2.05) is 31.8 Å². The lowest BCUT2D eigenvalue weighted by Gasteiger charge is -2.21. The maximum absolute atomic E-state index is 4.39. The third kappa shape index (κ3) is 4.03. The van der Waals surface area contributed by atoms with Crippen LogP contribution in [-0.2, 0) is 20.0 Å². The molecule has 0 radical (unpaired) electrons. The SMILES string of the molecule is CN=C(NCc1nnc(C)n1C)N(C)CCc1ncc(C)s1. The van der Waals surface area contributed by atoms with E-state index >= 15 is 0 Å².